The summed E-state index contributed by atoms with van der Waals surface area (Å²) in [6.07, 6.45) is 9.73. The number of rotatable bonds is 10. The van der Waals surface area contributed by atoms with Crippen molar-refractivity contribution in [3.05, 3.63) is 60.9 Å². The maximum Gasteiger partial charge on any atom is 0.164 e. The van der Waals surface area contributed by atoms with Crippen LogP contribution < -0.4 is 9.64 Å². The standard InChI is InChI=1S/C22H31NOS/c1-7-11-13-19(9-3)24-22-20(23(10-4)14-12-8-2)15-18(17(5)6)16-21(22)25/h7,9,11,13,15-16,25H,1,5,8,10,12,14H2,2-4,6H3/b13-11-,19-9+. The minimum Gasteiger partial charge on any atom is -0.454 e. The van der Waals surface area contributed by atoms with E-state index in [-0.39, 0.29) is 0 Å². The molecule has 0 radical (unpaired) electrons. The van der Waals surface area contributed by atoms with Crippen LogP contribution in [0.5, 0.6) is 5.75 Å². The highest BCUT2D eigenvalue weighted by Crippen LogP contribution is 2.39. The predicted octanol–water partition coefficient (Wildman–Crippen LogP) is 6.66. The first kappa shape index (κ1) is 21.2. The zero-order valence-corrected chi connectivity index (χ0v) is 16.9. The van der Waals surface area contributed by atoms with Crippen LogP contribution in [0.3, 0.4) is 0 Å². The van der Waals surface area contributed by atoms with Gasteiger partial charge in [-0.1, -0.05) is 44.2 Å². The van der Waals surface area contributed by atoms with E-state index in [0.29, 0.717) is 0 Å². The van der Waals surface area contributed by atoms with Gasteiger partial charge in [-0.15, -0.1) is 12.6 Å². The molecule has 0 atom stereocenters. The summed E-state index contributed by atoms with van der Waals surface area (Å²) in [6, 6.07) is 4.17. The van der Waals surface area contributed by atoms with Crippen molar-refractivity contribution in [2.75, 3.05) is 18.0 Å². The molecule has 0 spiro atoms. The quantitative estimate of drug-likeness (QED) is 0.285. The summed E-state index contributed by atoms with van der Waals surface area (Å²) >= 11 is 4.70. The lowest BCUT2D eigenvalue weighted by Crippen LogP contribution is -2.24. The summed E-state index contributed by atoms with van der Waals surface area (Å²) < 4.78 is 6.20. The molecule has 0 saturated heterocycles. The van der Waals surface area contributed by atoms with Crippen molar-refractivity contribution in [1.29, 1.82) is 0 Å². The fourth-order valence-corrected chi connectivity index (χ4v) is 2.75. The second-order valence-corrected chi connectivity index (χ2v) is 6.43. The smallest absolute Gasteiger partial charge is 0.164 e. The zero-order valence-electron chi connectivity index (χ0n) is 16.0. The van der Waals surface area contributed by atoms with Gasteiger partial charge in [-0.25, -0.2) is 0 Å². The van der Waals surface area contributed by atoms with Gasteiger partial charge in [0.05, 0.1) is 5.69 Å². The fraction of sp³-hybridized carbons (Fsp3) is 0.364. The van der Waals surface area contributed by atoms with Gasteiger partial charge >= 0.3 is 0 Å². The Morgan fingerprint density at radius 3 is 2.56 bits per heavy atom. The molecule has 1 aromatic carbocycles. The molecule has 1 aromatic rings. The lowest BCUT2D eigenvalue weighted by Gasteiger charge is -2.27. The molecule has 0 aliphatic carbocycles. The normalized spacial score (nSPS) is 11.6. The number of thiol groups is 1. The van der Waals surface area contributed by atoms with Crippen LogP contribution in [0.15, 0.2) is 60.2 Å². The van der Waals surface area contributed by atoms with E-state index >= 15 is 0 Å². The number of nitrogens with zero attached hydrogens (tertiary/aromatic N) is 1. The summed E-state index contributed by atoms with van der Waals surface area (Å²) in [5, 5.41) is 0. The Bertz CT molecular complexity index is 658. The summed E-state index contributed by atoms with van der Waals surface area (Å²) in [5.74, 6) is 1.55. The molecule has 0 amide bonds. The van der Waals surface area contributed by atoms with Crippen LogP contribution in [-0.4, -0.2) is 13.1 Å². The van der Waals surface area contributed by atoms with Crippen LogP contribution in [0.2, 0.25) is 0 Å². The van der Waals surface area contributed by atoms with Crippen LogP contribution in [0.1, 0.15) is 46.1 Å². The number of unbranched alkanes of at least 4 members (excludes halogenated alkanes) is 1. The predicted molar refractivity (Wildman–Crippen MR) is 115 cm³/mol. The molecule has 136 valence electrons. The molecule has 3 heteroatoms. The van der Waals surface area contributed by atoms with Gasteiger partial charge in [-0.05, 0) is 57.0 Å². The lowest BCUT2D eigenvalue weighted by molar-refractivity contribution is 0.432. The molecule has 0 N–H and O–H groups in total. The summed E-state index contributed by atoms with van der Waals surface area (Å²) in [7, 11) is 0. The molecule has 1 rings (SSSR count). The topological polar surface area (TPSA) is 12.5 Å². The van der Waals surface area contributed by atoms with Crippen molar-refractivity contribution in [3.8, 4) is 5.75 Å². The highest BCUT2D eigenvalue weighted by atomic mass is 32.1. The third kappa shape index (κ3) is 6.17. The molecule has 0 aromatic heterocycles. The van der Waals surface area contributed by atoms with Crippen molar-refractivity contribution >= 4 is 23.9 Å². The van der Waals surface area contributed by atoms with Gasteiger partial charge < -0.3 is 9.64 Å². The third-order valence-corrected chi connectivity index (χ3v) is 4.28. The molecule has 0 heterocycles. The highest BCUT2D eigenvalue weighted by Gasteiger charge is 2.17. The minimum absolute atomic E-state index is 0.770. The molecule has 2 nitrogen and oxygen atoms in total. The van der Waals surface area contributed by atoms with E-state index in [9.17, 15) is 0 Å². The monoisotopic (exact) mass is 357 g/mol. The van der Waals surface area contributed by atoms with E-state index in [4.69, 9.17) is 17.4 Å². The van der Waals surface area contributed by atoms with Crippen LogP contribution in [0.25, 0.3) is 5.57 Å². The number of hydrogen-bond acceptors (Lipinski definition) is 3. The van der Waals surface area contributed by atoms with E-state index < -0.39 is 0 Å². The molecule has 0 saturated carbocycles. The largest absolute Gasteiger partial charge is 0.454 e. The molecule has 0 unspecified atom stereocenters. The Labute approximate surface area is 159 Å². The Morgan fingerprint density at radius 1 is 1.32 bits per heavy atom. The Kier molecular flexibility index (Phi) is 9.22. The molecule has 0 aliphatic rings. The summed E-state index contributed by atoms with van der Waals surface area (Å²) in [6.45, 7) is 18.0. The van der Waals surface area contributed by atoms with Gasteiger partial charge in [0.1, 0.15) is 5.76 Å². The number of ether oxygens (including phenoxy) is 1. The van der Waals surface area contributed by atoms with E-state index in [1.54, 1.807) is 6.08 Å². The van der Waals surface area contributed by atoms with Crippen molar-refractivity contribution in [1.82, 2.24) is 0 Å². The number of benzene rings is 1. The molecular weight excluding hydrogens is 326 g/mol. The van der Waals surface area contributed by atoms with Crippen molar-refractivity contribution in [2.45, 2.75) is 45.4 Å². The Hall–Kier alpha value is -1.87. The highest BCUT2D eigenvalue weighted by molar-refractivity contribution is 7.80. The average molecular weight is 358 g/mol. The van der Waals surface area contributed by atoms with E-state index in [1.807, 2.05) is 38.1 Å². The van der Waals surface area contributed by atoms with Gasteiger partial charge in [0.15, 0.2) is 5.75 Å². The van der Waals surface area contributed by atoms with Gasteiger partial charge in [0.25, 0.3) is 0 Å². The van der Waals surface area contributed by atoms with Gasteiger partial charge in [-0.3, -0.25) is 0 Å². The molecule has 25 heavy (non-hydrogen) atoms. The third-order valence-electron chi connectivity index (χ3n) is 3.95. The average Bonchev–Trinajstić information content (AvgIpc) is 2.60. The zero-order chi connectivity index (χ0) is 18.8. The number of allylic oxidation sites excluding steroid dienone is 5. The summed E-state index contributed by atoms with van der Waals surface area (Å²) in [5.41, 5.74) is 3.17. The Balaban J connectivity index is 3.39. The number of hydrogen-bond donors (Lipinski definition) is 1. The first-order valence-corrected chi connectivity index (χ1v) is 9.34. The Morgan fingerprint density at radius 2 is 2.04 bits per heavy atom. The summed E-state index contributed by atoms with van der Waals surface area (Å²) in [4.78, 5) is 3.16. The SMILES string of the molecule is C=C/C=C\C(=C/C)Oc1c(S)cc(C(=C)C)cc1N(CC)CCCC. The molecule has 0 aliphatic heterocycles. The van der Waals surface area contributed by atoms with E-state index in [0.717, 1.165) is 59.2 Å². The van der Waals surface area contributed by atoms with Gasteiger partial charge in [0, 0.05) is 18.0 Å². The van der Waals surface area contributed by atoms with Crippen molar-refractivity contribution in [2.24, 2.45) is 0 Å². The first-order chi connectivity index (χ1) is 12.0. The second kappa shape index (κ2) is 10.9. The molecule has 0 bridgehead atoms. The van der Waals surface area contributed by atoms with Crippen molar-refractivity contribution in [3.63, 3.8) is 0 Å². The maximum atomic E-state index is 6.20. The minimum atomic E-state index is 0.770. The molecular formula is C22H31NOS. The maximum absolute atomic E-state index is 6.20. The van der Waals surface area contributed by atoms with Crippen LogP contribution in [0.4, 0.5) is 5.69 Å². The fourth-order valence-electron chi connectivity index (χ4n) is 2.45. The van der Waals surface area contributed by atoms with Gasteiger partial charge in [0.2, 0.25) is 0 Å². The van der Waals surface area contributed by atoms with E-state index in [1.165, 1.54) is 0 Å². The van der Waals surface area contributed by atoms with E-state index in [2.05, 4.69) is 38.0 Å². The van der Waals surface area contributed by atoms with Crippen LogP contribution in [-0.2, 0) is 0 Å². The van der Waals surface area contributed by atoms with Crippen molar-refractivity contribution < 1.29 is 4.74 Å². The van der Waals surface area contributed by atoms with Crippen LogP contribution in [0, 0.1) is 0 Å². The van der Waals surface area contributed by atoms with Gasteiger partial charge in [-0.2, -0.15) is 0 Å². The second-order valence-electron chi connectivity index (χ2n) is 5.95. The number of anilines is 1. The molecule has 0 fully saturated rings. The van der Waals surface area contributed by atoms with Crippen LogP contribution >= 0.6 is 12.6 Å². The first-order valence-electron chi connectivity index (χ1n) is 8.89. The lowest BCUT2D eigenvalue weighted by atomic mass is 10.1.